The lowest BCUT2D eigenvalue weighted by molar-refractivity contribution is 0.0993. The third-order valence-corrected chi connectivity index (χ3v) is 4.40. The van der Waals surface area contributed by atoms with Gasteiger partial charge in [0.1, 0.15) is 5.69 Å². The van der Waals surface area contributed by atoms with Gasteiger partial charge in [-0.2, -0.15) is 0 Å². The number of primary amides is 1. The van der Waals surface area contributed by atoms with Gasteiger partial charge in [0.25, 0.3) is 5.91 Å². The van der Waals surface area contributed by atoms with Crippen molar-refractivity contribution in [2.45, 2.75) is 16.3 Å². The van der Waals surface area contributed by atoms with Gasteiger partial charge in [-0.05, 0) is 29.8 Å². The molecule has 2 aromatic carbocycles. The average Bonchev–Trinajstić information content (AvgIpc) is 2.86. The van der Waals surface area contributed by atoms with Crippen LogP contribution >= 0.6 is 11.8 Å². The molecule has 3 rings (SSSR count). The lowest BCUT2D eigenvalue weighted by Gasteiger charge is -2.03. The van der Waals surface area contributed by atoms with Gasteiger partial charge >= 0.3 is 0 Å². The maximum atomic E-state index is 11.7. The number of nitrogens with two attached hydrogens (primary N) is 2. The standard InChI is InChI=1S/C16H15N3OS/c17-9-10-6-7-13-12(8-10)15(14(19-13)16(18)20)21-11-4-2-1-3-5-11/h1-8,19H,9,17H2,(H2,18,20). The molecule has 106 valence electrons. The molecule has 1 aromatic heterocycles. The molecule has 21 heavy (non-hydrogen) atoms. The van der Waals surface area contributed by atoms with Crippen molar-refractivity contribution in [3.8, 4) is 0 Å². The number of carbonyl (C=O) groups is 1. The van der Waals surface area contributed by atoms with Gasteiger partial charge in [0.05, 0.1) is 4.90 Å². The summed E-state index contributed by atoms with van der Waals surface area (Å²) in [7, 11) is 0. The van der Waals surface area contributed by atoms with Crippen LogP contribution in [0.25, 0.3) is 10.9 Å². The fraction of sp³-hybridized carbons (Fsp3) is 0.0625. The monoisotopic (exact) mass is 297 g/mol. The second-order valence-corrected chi connectivity index (χ2v) is 5.78. The molecule has 0 radical (unpaired) electrons. The minimum atomic E-state index is -0.459. The molecule has 0 atom stereocenters. The Labute approximate surface area is 126 Å². The van der Waals surface area contributed by atoms with E-state index in [4.69, 9.17) is 11.5 Å². The average molecular weight is 297 g/mol. The predicted molar refractivity (Wildman–Crippen MR) is 85.3 cm³/mol. The Morgan fingerprint density at radius 3 is 2.57 bits per heavy atom. The van der Waals surface area contributed by atoms with E-state index in [1.54, 1.807) is 0 Å². The Balaban J connectivity index is 2.17. The molecule has 0 aliphatic heterocycles. The van der Waals surface area contributed by atoms with E-state index >= 15 is 0 Å². The first kappa shape index (κ1) is 13.7. The van der Waals surface area contributed by atoms with Gasteiger partial charge < -0.3 is 16.5 Å². The third-order valence-electron chi connectivity index (χ3n) is 3.26. The molecule has 5 heteroatoms. The summed E-state index contributed by atoms with van der Waals surface area (Å²) in [5.74, 6) is -0.459. The molecule has 0 unspecified atom stereocenters. The highest BCUT2D eigenvalue weighted by atomic mass is 32.2. The van der Waals surface area contributed by atoms with Crippen LogP contribution in [0.4, 0.5) is 0 Å². The summed E-state index contributed by atoms with van der Waals surface area (Å²) in [5, 5.41) is 0.973. The van der Waals surface area contributed by atoms with E-state index in [0.29, 0.717) is 12.2 Å². The van der Waals surface area contributed by atoms with Gasteiger partial charge in [-0.1, -0.05) is 36.0 Å². The number of aromatic nitrogens is 1. The summed E-state index contributed by atoms with van der Waals surface area (Å²) in [6, 6.07) is 15.8. The summed E-state index contributed by atoms with van der Waals surface area (Å²) in [5.41, 5.74) is 13.5. The maximum absolute atomic E-state index is 11.7. The normalized spacial score (nSPS) is 10.9. The lowest BCUT2D eigenvalue weighted by atomic mass is 10.1. The van der Waals surface area contributed by atoms with Crippen molar-refractivity contribution in [3.63, 3.8) is 0 Å². The van der Waals surface area contributed by atoms with Gasteiger partial charge in [0.15, 0.2) is 0 Å². The highest BCUT2D eigenvalue weighted by Crippen LogP contribution is 2.36. The molecule has 0 fully saturated rings. The molecule has 1 amide bonds. The summed E-state index contributed by atoms with van der Waals surface area (Å²) < 4.78 is 0. The fourth-order valence-electron chi connectivity index (χ4n) is 2.23. The van der Waals surface area contributed by atoms with Gasteiger partial charge in [-0.15, -0.1) is 0 Å². The number of benzene rings is 2. The third kappa shape index (κ3) is 2.66. The molecule has 1 heterocycles. The van der Waals surface area contributed by atoms with Crippen LogP contribution in [-0.2, 0) is 6.54 Å². The van der Waals surface area contributed by atoms with E-state index in [2.05, 4.69) is 4.98 Å². The second-order valence-electron chi connectivity index (χ2n) is 4.69. The zero-order valence-electron chi connectivity index (χ0n) is 11.3. The van der Waals surface area contributed by atoms with Crippen molar-refractivity contribution in [3.05, 3.63) is 59.8 Å². The molecule has 0 aliphatic carbocycles. The number of nitrogens with one attached hydrogen (secondary N) is 1. The number of hydrogen-bond acceptors (Lipinski definition) is 3. The SMILES string of the molecule is NCc1ccc2[nH]c(C(N)=O)c(Sc3ccccc3)c2c1. The van der Waals surface area contributed by atoms with Crippen LogP contribution in [0.1, 0.15) is 16.1 Å². The van der Waals surface area contributed by atoms with E-state index in [1.165, 1.54) is 11.8 Å². The number of rotatable bonds is 4. The van der Waals surface area contributed by atoms with Crippen molar-refractivity contribution >= 4 is 28.6 Å². The number of aromatic amines is 1. The number of H-pyrrole nitrogens is 1. The second kappa shape index (κ2) is 5.63. The molecule has 4 nitrogen and oxygen atoms in total. The first-order chi connectivity index (χ1) is 10.2. The minimum Gasteiger partial charge on any atom is -0.364 e. The Morgan fingerprint density at radius 2 is 1.90 bits per heavy atom. The van der Waals surface area contributed by atoms with Gasteiger partial charge in [-0.3, -0.25) is 4.79 Å². The van der Waals surface area contributed by atoms with Crippen LogP contribution in [0.2, 0.25) is 0 Å². The smallest absolute Gasteiger partial charge is 0.266 e. The highest BCUT2D eigenvalue weighted by molar-refractivity contribution is 7.99. The predicted octanol–water partition coefficient (Wildman–Crippen LogP) is 2.88. The highest BCUT2D eigenvalue weighted by Gasteiger charge is 2.17. The molecular formula is C16H15N3OS. The quantitative estimate of drug-likeness (QED) is 0.692. The first-order valence-corrected chi connectivity index (χ1v) is 7.38. The van der Waals surface area contributed by atoms with Crippen molar-refractivity contribution in [1.82, 2.24) is 4.98 Å². The zero-order chi connectivity index (χ0) is 14.8. The molecule has 0 aliphatic rings. The van der Waals surface area contributed by atoms with Crippen LogP contribution in [-0.4, -0.2) is 10.9 Å². The summed E-state index contributed by atoms with van der Waals surface area (Å²) in [6.07, 6.45) is 0. The van der Waals surface area contributed by atoms with Gasteiger partial charge in [-0.25, -0.2) is 0 Å². The molecule has 0 bridgehead atoms. The minimum absolute atomic E-state index is 0.438. The molecule has 0 saturated heterocycles. The zero-order valence-corrected chi connectivity index (χ0v) is 12.1. The maximum Gasteiger partial charge on any atom is 0.266 e. The van der Waals surface area contributed by atoms with E-state index in [0.717, 1.165) is 26.3 Å². The van der Waals surface area contributed by atoms with Crippen LogP contribution in [0.15, 0.2) is 58.3 Å². The Kier molecular flexibility index (Phi) is 3.68. The molecular weight excluding hydrogens is 282 g/mol. The lowest BCUT2D eigenvalue weighted by Crippen LogP contribution is -2.12. The van der Waals surface area contributed by atoms with Crippen molar-refractivity contribution in [2.24, 2.45) is 11.5 Å². The number of amides is 1. The number of hydrogen-bond donors (Lipinski definition) is 3. The molecule has 0 spiro atoms. The van der Waals surface area contributed by atoms with E-state index < -0.39 is 5.91 Å². The van der Waals surface area contributed by atoms with Gasteiger partial charge in [0.2, 0.25) is 0 Å². The summed E-state index contributed by atoms with van der Waals surface area (Å²) in [4.78, 5) is 16.7. The van der Waals surface area contributed by atoms with Crippen LogP contribution < -0.4 is 11.5 Å². The molecule has 3 aromatic rings. The fourth-order valence-corrected chi connectivity index (χ4v) is 3.29. The largest absolute Gasteiger partial charge is 0.364 e. The topological polar surface area (TPSA) is 84.9 Å². The summed E-state index contributed by atoms with van der Waals surface area (Å²) >= 11 is 1.52. The Bertz CT molecular complexity index is 796. The van der Waals surface area contributed by atoms with Crippen LogP contribution in [0, 0.1) is 0 Å². The summed E-state index contributed by atoms with van der Waals surface area (Å²) in [6.45, 7) is 0.461. The Hall–Kier alpha value is -2.24. The van der Waals surface area contributed by atoms with Crippen molar-refractivity contribution in [2.75, 3.05) is 0 Å². The number of carbonyl (C=O) groups excluding carboxylic acids is 1. The van der Waals surface area contributed by atoms with Crippen molar-refractivity contribution < 1.29 is 4.79 Å². The van der Waals surface area contributed by atoms with E-state index in [9.17, 15) is 4.79 Å². The Morgan fingerprint density at radius 1 is 1.14 bits per heavy atom. The van der Waals surface area contributed by atoms with Crippen LogP contribution in [0.3, 0.4) is 0 Å². The number of fused-ring (bicyclic) bond motifs is 1. The molecule has 5 N–H and O–H groups in total. The first-order valence-electron chi connectivity index (χ1n) is 6.56. The van der Waals surface area contributed by atoms with E-state index in [-0.39, 0.29) is 0 Å². The van der Waals surface area contributed by atoms with Crippen LogP contribution in [0.5, 0.6) is 0 Å². The van der Waals surface area contributed by atoms with Gasteiger partial charge in [0, 0.05) is 22.3 Å². The molecule has 0 saturated carbocycles. The van der Waals surface area contributed by atoms with E-state index in [1.807, 2.05) is 48.5 Å². The van der Waals surface area contributed by atoms with Crippen molar-refractivity contribution in [1.29, 1.82) is 0 Å².